The van der Waals surface area contributed by atoms with E-state index in [1.807, 2.05) is 60.7 Å². The monoisotopic (exact) mass is 283 g/mol. The third-order valence-corrected chi connectivity index (χ3v) is 3.23. The molecule has 2 rings (SSSR count). The zero-order valence-electron chi connectivity index (χ0n) is 11.8. The van der Waals surface area contributed by atoms with Crippen molar-refractivity contribution < 1.29 is 14.6 Å². The van der Waals surface area contributed by atoms with E-state index < -0.39 is 25.0 Å². The molecule has 1 unspecified atom stereocenters. The van der Waals surface area contributed by atoms with Gasteiger partial charge in [-0.3, -0.25) is 4.79 Å². The molecule has 108 valence electrons. The molecule has 4 nitrogen and oxygen atoms in total. The zero-order chi connectivity index (χ0) is 15.2. The van der Waals surface area contributed by atoms with Gasteiger partial charge in [-0.25, -0.2) is 0 Å². The number of rotatable bonds is 5. The minimum atomic E-state index is -1.06. The van der Waals surface area contributed by atoms with E-state index in [1.165, 1.54) is 6.92 Å². The number of carbonyl (C=O) groups is 1. The van der Waals surface area contributed by atoms with Crippen molar-refractivity contribution in [3.8, 4) is 0 Å². The number of hydrogen-bond acceptors (Lipinski definition) is 4. The molecule has 3 N–H and O–H groups in total. The van der Waals surface area contributed by atoms with Gasteiger partial charge in [0, 0.05) is 0 Å². The quantitative estimate of drug-likeness (QED) is 0.760. The molecular weight excluding hydrogens is 265 g/mol. The van der Waals surface area contributed by atoms with Crippen molar-refractivity contribution in [2.45, 2.75) is 19.1 Å². The summed E-state index contributed by atoms with van der Waals surface area (Å²) in [5.41, 5.74) is 7.35. The molecule has 0 saturated heterocycles. The summed E-state index contributed by atoms with van der Waals surface area (Å²) in [6, 6.07) is 17.8. The van der Waals surface area contributed by atoms with E-state index in [-0.39, 0.29) is 0 Å². The Morgan fingerprint density at radius 3 is 1.86 bits per heavy atom. The van der Waals surface area contributed by atoms with E-state index in [0.29, 0.717) is 0 Å². The first-order valence-electron chi connectivity index (χ1n) is 6.83. The number of aliphatic hydroxyl groups excluding tert-OH is 1. The van der Waals surface area contributed by atoms with Gasteiger partial charge < -0.3 is 15.5 Å². The van der Waals surface area contributed by atoms with E-state index in [2.05, 4.69) is 0 Å². The highest BCUT2D eigenvalue weighted by Gasteiger charge is 2.29. The van der Waals surface area contributed by atoms with Crippen molar-refractivity contribution in [2.75, 3.05) is 0 Å². The predicted molar refractivity (Wildman–Crippen MR) is 83.7 cm³/mol. The fourth-order valence-electron chi connectivity index (χ4n) is 1.98. The van der Waals surface area contributed by atoms with Crippen LogP contribution in [0, 0.1) is 0 Å². The molecule has 0 heterocycles. The molecule has 0 aliphatic heterocycles. The summed E-state index contributed by atoms with van der Waals surface area (Å²) >= 11 is 0. The Labute approximate surface area is 124 Å². The predicted octanol–water partition coefficient (Wildman–Crippen LogP) is 0.0436. The molecule has 5 heteroatoms. The van der Waals surface area contributed by atoms with Crippen LogP contribution in [0.2, 0.25) is 0 Å². The molecule has 0 aromatic heterocycles. The van der Waals surface area contributed by atoms with Gasteiger partial charge in [0.2, 0.25) is 0 Å². The van der Waals surface area contributed by atoms with E-state index in [9.17, 15) is 9.90 Å². The maximum Gasteiger partial charge on any atom is 0.429 e. The van der Waals surface area contributed by atoms with Crippen molar-refractivity contribution in [1.29, 1.82) is 0 Å². The number of aliphatic hydroxyl groups is 1. The average Bonchev–Trinajstić information content (AvgIpc) is 2.53. The van der Waals surface area contributed by atoms with Gasteiger partial charge in [0.1, 0.15) is 6.04 Å². The molecule has 2 aromatic rings. The Balaban J connectivity index is 2.28. The molecule has 0 aliphatic rings. The summed E-state index contributed by atoms with van der Waals surface area (Å²) in [4.78, 5) is 12.0. The summed E-state index contributed by atoms with van der Waals surface area (Å²) in [6.07, 6.45) is -0.954. The summed E-state index contributed by atoms with van der Waals surface area (Å²) in [7, 11) is 0. The van der Waals surface area contributed by atoms with Gasteiger partial charge in [-0.05, 0) is 17.8 Å². The number of hydrogen-bond donors (Lipinski definition) is 2. The van der Waals surface area contributed by atoms with Crippen LogP contribution in [-0.4, -0.2) is 30.1 Å². The number of benzene rings is 2. The molecule has 21 heavy (non-hydrogen) atoms. The molecule has 0 bridgehead atoms. The molecule has 0 fully saturated rings. The second kappa shape index (κ2) is 7.06. The van der Waals surface area contributed by atoms with E-state index in [1.54, 1.807) is 0 Å². The van der Waals surface area contributed by atoms with E-state index >= 15 is 0 Å². The lowest BCUT2D eigenvalue weighted by Gasteiger charge is -2.19. The normalized spacial score (nSPS) is 13.3. The van der Waals surface area contributed by atoms with Crippen LogP contribution in [-0.2, 0) is 9.45 Å². The summed E-state index contributed by atoms with van der Waals surface area (Å²) in [5.74, 6) is -0.622. The first-order valence-corrected chi connectivity index (χ1v) is 6.83. The fraction of sp³-hybridized carbons (Fsp3) is 0.188. The Morgan fingerprint density at radius 2 is 1.48 bits per heavy atom. The maximum absolute atomic E-state index is 12.0. The second-order valence-corrected chi connectivity index (χ2v) is 4.90. The van der Waals surface area contributed by atoms with Gasteiger partial charge in [0.05, 0.1) is 6.10 Å². The van der Waals surface area contributed by atoms with Crippen LogP contribution < -0.4 is 16.7 Å². The van der Waals surface area contributed by atoms with Crippen molar-refractivity contribution in [3.05, 3.63) is 60.7 Å². The number of carbonyl (C=O) groups excluding carboxylic acids is 1. The molecule has 2 atom stereocenters. The van der Waals surface area contributed by atoms with Gasteiger partial charge in [0.15, 0.2) is 0 Å². The van der Waals surface area contributed by atoms with Gasteiger partial charge in [-0.15, -0.1) is 0 Å². The minimum Gasteiger partial charge on any atom is -0.525 e. The van der Waals surface area contributed by atoms with Crippen LogP contribution in [0.1, 0.15) is 6.92 Å². The van der Waals surface area contributed by atoms with E-state index in [0.717, 1.165) is 10.9 Å². The van der Waals surface area contributed by atoms with Gasteiger partial charge >= 0.3 is 12.9 Å². The third kappa shape index (κ3) is 3.94. The van der Waals surface area contributed by atoms with Crippen LogP contribution in [0.4, 0.5) is 0 Å². The average molecular weight is 283 g/mol. The Hall–Kier alpha value is -2.11. The van der Waals surface area contributed by atoms with Gasteiger partial charge in [-0.1, -0.05) is 60.7 Å². The third-order valence-electron chi connectivity index (χ3n) is 3.23. The first-order chi connectivity index (χ1) is 10.1. The molecule has 2 aromatic carbocycles. The van der Waals surface area contributed by atoms with Crippen LogP contribution in [0.25, 0.3) is 0 Å². The lowest BCUT2D eigenvalue weighted by atomic mass is 9.55. The van der Waals surface area contributed by atoms with Crippen LogP contribution in [0.3, 0.4) is 0 Å². The summed E-state index contributed by atoms with van der Waals surface area (Å²) in [6.45, 7) is 0.927. The molecule has 0 radical (unpaired) electrons. The van der Waals surface area contributed by atoms with Crippen molar-refractivity contribution in [2.24, 2.45) is 5.73 Å². The topological polar surface area (TPSA) is 72.5 Å². The summed E-state index contributed by atoms with van der Waals surface area (Å²) < 4.78 is 5.52. The van der Waals surface area contributed by atoms with Crippen molar-refractivity contribution >= 4 is 23.8 Å². The highest BCUT2D eigenvalue weighted by Crippen LogP contribution is 1.99. The van der Waals surface area contributed by atoms with Crippen LogP contribution in [0.5, 0.6) is 0 Å². The molecular formula is C16H18BNO3. The Kier molecular flexibility index (Phi) is 5.14. The Bertz CT molecular complexity index is 535. The largest absolute Gasteiger partial charge is 0.525 e. The van der Waals surface area contributed by atoms with Crippen molar-refractivity contribution in [3.63, 3.8) is 0 Å². The van der Waals surface area contributed by atoms with Gasteiger partial charge in [-0.2, -0.15) is 0 Å². The zero-order valence-corrected chi connectivity index (χ0v) is 11.8. The lowest BCUT2D eigenvalue weighted by molar-refractivity contribution is -0.138. The first kappa shape index (κ1) is 15.3. The van der Waals surface area contributed by atoms with E-state index in [4.69, 9.17) is 10.4 Å². The lowest BCUT2D eigenvalue weighted by Crippen LogP contribution is -2.51. The Morgan fingerprint density at radius 1 is 1.05 bits per heavy atom. The highest BCUT2D eigenvalue weighted by atomic mass is 16.5. The van der Waals surface area contributed by atoms with Crippen LogP contribution in [0.15, 0.2) is 60.7 Å². The highest BCUT2D eigenvalue weighted by molar-refractivity contribution is 6.81. The molecule has 0 spiro atoms. The second-order valence-electron chi connectivity index (χ2n) is 4.90. The standard InChI is InChI=1S/C16H18BNO3/c1-12(19)15(18)16(20)21-17(13-8-4-2-5-9-13)14-10-6-3-7-11-14/h2-12,15,19H,18H2,1H3/t12?,15-/m0/s1. The number of nitrogens with two attached hydrogens (primary N) is 1. The van der Waals surface area contributed by atoms with Crippen molar-refractivity contribution in [1.82, 2.24) is 0 Å². The molecule has 0 aliphatic carbocycles. The smallest absolute Gasteiger partial charge is 0.429 e. The minimum absolute atomic E-state index is 0.537. The molecule has 0 saturated carbocycles. The van der Waals surface area contributed by atoms with Gasteiger partial charge in [0.25, 0.3) is 0 Å². The summed E-state index contributed by atoms with van der Waals surface area (Å²) in [5, 5.41) is 9.42. The van der Waals surface area contributed by atoms with Crippen LogP contribution >= 0.6 is 0 Å². The SMILES string of the molecule is CC(O)[C@H](N)C(=O)OB(c1ccccc1)c1ccccc1. The maximum atomic E-state index is 12.0. The fourth-order valence-corrected chi connectivity index (χ4v) is 1.98. The molecule has 0 amide bonds.